The van der Waals surface area contributed by atoms with Crippen LogP contribution in [0.3, 0.4) is 0 Å². The lowest BCUT2D eigenvalue weighted by Gasteiger charge is -2.47. The Morgan fingerprint density at radius 3 is 2.76 bits per heavy atom. The molecule has 1 atom stereocenters. The van der Waals surface area contributed by atoms with Crippen LogP contribution in [0, 0.1) is 5.41 Å². The molecule has 7 heteroatoms. The summed E-state index contributed by atoms with van der Waals surface area (Å²) in [6.07, 6.45) is 4.50. The summed E-state index contributed by atoms with van der Waals surface area (Å²) in [4.78, 5) is 21.8. The molecule has 3 fully saturated rings. The lowest BCUT2D eigenvalue weighted by atomic mass is 9.78. The first-order valence-electron chi connectivity index (χ1n) is 9.06. The van der Waals surface area contributed by atoms with Gasteiger partial charge in [-0.3, -0.25) is 4.90 Å². The van der Waals surface area contributed by atoms with Crippen molar-refractivity contribution in [2.75, 3.05) is 51.3 Å². The van der Waals surface area contributed by atoms with E-state index in [1.54, 1.807) is 18.2 Å². The molecule has 0 bridgehead atoms. The number of likely N-dealkylation sites (tertiary alicyclic amines) is 1. The highest BCUT2D eigenvalue weighted by Gasteiger charge is 2.50. The molecule has 1 saturated carbocycles. The molecule has 1 aromatic heterocycles. The van der Waals surface area contributed by atoms with Crippen LogP contribution in [0.1, 0.15) is 19.3 Å². The van der Waals surface area contributed by atoms with Crippen molar-refractivity contribution in [3.8, 4) is 5.88 Å². The summed E-state index contributed by atoms with van der Waals surface area (Å²) < 4.78 is 5.39. The first-order valence-corrected chi connectivity index (χ1v) is 9.06. The maximum atomic E-state index is 11.0. The summed E-state index contributed by atoms with van der Waals surface area (Å²) >= 11 is 0. The Labute approximate surface area is 148 Å². The van der Waals surface area contributed by atoms with Crippen molar-refractivity contribution in [1.82, 2.24) is 14.8 Å². The molecule has 0 unspecified atom stereocenters. The van der Waals surface area contributed by atoms with Crippen molar-refractivity contribution in [3.05, 3.63) is 18.3 Å². The van der Waals surface area contributed by atoms with E-state index in [4.69, 9.17) is 9.84 Å². The third-order valence-electron chi connectivity index (χ3n) is 6.12. The molecule has 2 aliphatic heterocycles. The number of carbonyl (C=O) groups is 1. The minimum atomic E-state index is -0.770. The van der Waals surface area contributed by atoms with Gasteiger partial charge in [0.15, 0.2) is 0 Å². The molecule has 2 saturated heterocycles. The van der Waals surface area contributed by atoms with Gasteiger partial charge in [-0.05, 0) is 31.4 Å². The number of nitrogens with zero attached hydrogens (tertiary/aromatic N) is 4. The fourth-order valence-corrected chi connectivity index (χ4v) is 4.78. The molecule has 1 amide bonds. The van der Waals surface area contributed by atoms with Crippen molar-refractivity contribution >= 4 is 11.8 Å². The molecule has 3 heterocycles. The van der Waals surface area contributed by atoms with Crippen LogP contribution in [0.5, 0.6) is 5.88 Å². The topological polar surface area (TPSA) is 69.1 Å². The van der Waals surface area contributed by atoms with E-state index in [9.17, 15) is 4.79 Å². The molecule has 1 N–H and O–H groups in total. The Morgan fingerprint density at radius 1 is 1.32 bits per heavy atom. The van der Waals surface area contributed by atoms with Crippen LogP contribution in [0.25, 0.3) is 0 Å². The van der Waals surface area contributed by atoms with E-state index in [1.165, 1.54) is 6.42 Å². The van der Waals surface area contributed by atoms with Gasteiger partial charge in [-0.2, -0.15) is 0 Å². The number of anilines is 1. The molecule has 0 aromatic carbocycles. The van der Waals surface area contributed by atoms with Crippen molar-refractivity contribution in [2.24, 2.45) is 5.41 Å². The Hall–Kier alpha value is -2.02. The number of hydrogen-bond donors (Lipinski definition) is 1. The van der Waals surface area contributed by atoms with Gasteiger partial charge in [-0.1, -0.05) is 0 Å². The summed E-state index contributed by atoms with van der Waals surface area (Å²) in [5.74, 6) is 0.694. The molecule has 0 radical (unpaired) electrons. The second-order valence-electron chi connectivity index (χ2n) is 7.59. The number of methoxy groups -OCH3 is 1. The van der Waals surface area contributed by atoms with E-state index >= 15 is 0 Å². The van der Waals surface area contributed by atoms with Crippen LogP contribution in [0.2, 0.25) is 0 Å². The molecule has 1 aliphatic carbocycles. The third-order valence-corrected chi connectivity index (χ3v) is 6.12. The zero-order chi connectivity index (χ0) is 17.4. The van der Waals surface area contributed by atoms with Crippen LogP contribution in [-0.4, -0.2) is 78.4 Å². The summed E-state index contributed by atoms with van der Waals surface area (Å²) in [7, 11) is 1.67. The smallest absolute Gasteiger partial charge is 0.407 e. The predicted molar refractivity (Wildman–Crippen MR) is 94.2 cm³/mol. The molecule has 1 spiro atoms. The molecule has 1 aromatic rings. The number of hydrogen-bond acceptors (Lipinski definition) is 5. The highest BCUT2D eigenvalue weighted by Crippen LogP contribution is 2.47. The van der Waals surface area contributed by atoms with E-state index in [-0.39, 0.29) is 5.41 Å². The summed E-state index contributed by atoms with van der Waals surface area (Å²) in [6, 6.07) is 4.63. The number of ether oxygens (including phenoxy) is 1. The van der Waals surface area contributed by atoms with Crippen molar-refractivity contribution in [2.45, 2.75) is 25.3 Å². The maximum Gasteiger partial charge on any atom is 0.407 e. The van der Waals surface area contributed by atoms with Gasteiger partial charge in [0.25, 0.3) is 0 Å². The van der Waals surface area contributed by atoms with Crippen LogP contribution < -0.4 is 9.64 Å². The summed E-state index contributed by atoms with van der Waals surface area (Å²) in [5.41, 5.74) is 1.33. The van der Waals surface area contributed by atoms with Crippen LogP contribution >= 0.6 is 0 Å². The van der Waals surface area contributed by atoms with Crippen LogP contribution in [0.15, 0.2) is 18.3 Å². The maximum absolute atomic E-state index is 11.0. The second-order valence-corrected chi connectivity index (χ2v) is 7.59. The summed E-state index contributed by atoms with van der Waals surface area (Å²) in [5, 5.41) is 9.07. The number of rotatable bonds is 3. The standard InChI is InChI=1S/C18H26N4O3/c1-25-16-15(3-2-6-19-16)21-9-7-20(8-10-21)14-4-5-18(11-14)12-22(13-18)17(23)24/h2-3,6,14H,4-5,7-13H2,1H3,(H,23,24)/t14-/m0/s1. The number of pyridine rings is 1. The minimum Gasteiger partial charge on any atom is -0.480 e. The molecule has 7 nitrogen and oxygen atoms in total. The van der Waals surface area contributed by atoms with Gasteiger partial charge in [0.05, 0.1) is 12.8 Å². The Balaban J connectivity index is 1.32. The Bertz CT molecular complexity index is 639. The number of piperazine rings is 1. The normalized spacial score (nSPS) is 25.9. The van der Waals surface area contributed by atoms with Gasteiger partial charge in [-0.25, -0.2) is 9.78 Å². The lowest BCUT2D eigenvalue weighted by molar-refractivity contribution is 0.00903. The molecule has 25 heavy (non-hydrogen) atoms. The highest BCUT2D eigenvalue weighted by atomic mass is 16.5. The van der Waals surface area contributed by atoms with Gasteiger partial charge in [0, 0.05) is 56.9 Å². The third kappa shape index (κ3) is 3.01. The van der Waals surface area contributed by atoms with Crippen molar-refractivity contribution in [3.63, 3.8) is 0 Å². The van der Waals surface area contributed by atoms with E-state index in [1.807, 2.05) is 6.07 Å². The Morgan fingerprint density at radius 2 is 2.08 bits per heavy atom. The lowest BCUT2D eigenvalue weighted by Crippen LogP contribution is -2.58. The van der Waals surface area contributed by atoms with Crippen LogP contribution in [0.4, 0.5) is 10.5 Å². The first kappa shape index (κ1) is 16.4. The minimum absolute atomic E-state index is 0.257. The molecular weight excluding hydrogens is 320 g/mol. The Kier molecular flexibility index (Phi) is 4.19. The van der Waals surface area contributed by atoms with E-state index < -0.39 is 6.09 Å². The van der Waals surface area contributed by atoms with Gasteiger partial charge in [-0.15, -0.1) is 0 Å². The van der Waals surface area contributed by atoms with Crippen LogP contribution in [-0.2, 0) is 0 Å². The number of amides is 1. The van der Waals surface area contributed by atoms with Gasteiger partial charge in [0.1, 0.15) is 0 Å². The van der Waals surface area contributed by atoms with E-state index in [0.717, 1.165) is 57.8 Å². The fraction of sp³-hybridized carbons (Fsp3) is 0.667. The quantitative estimate of drug-likeness (QED) is 0.899. The number of aromatic nitrogens is 1. The van der Waals surface area contributed by atoms with E-state index in [2.05, 4.69) is 20.9 Å². The zero-order valence-electron chi connectivity index (χ0n) is 14.7. The largest absolute Gasteiger partial charge is 0.480 e. The summed E-state index contributed by atoms with van der Waals surface area (Å²) in [6.45, 7) is 5.50. The average molecular weight is 346 g/mol. The predicted octanol–water partition coefficient (Wildman–Crippen LogP) is 1.74. The molecule has 136 valence electrons. The average Bonchev–Trinajstić information content (AvgIpc) is 3.06. The zero-order valence-corrected chi connectivity index (χ0v) is 14.7. The molecule has 4 rings (SSSR count). The second kappa shape index (κ2) is 6.37. The fourth-order valence-electron chi connectivity index (χ4n) is 4.78. The first-order chi connectivity index (χ1) is 12.1. The van der Waals surface area contributed by atoms with Gasteiger partial charge < -0.3 is 19.6 Å². The van der Waals surface area contributed by atoms with Crippen molar-refractivity contribution in [1.29, 1.82) is 0 Å². The van der Waals surface area contributed by atoms with Crippen molar-refractivity contribution < 1.29 is 14.6 Å². The molecule has 3 aliphatic rings. The van der Waals surface area contributed by atoms with Gasteiger partial charge >= 0.3 is 6.09 Å². The molecular formula is C18H26N4O3. The van der Waals surface area contributed by atoms with E-state index in [0.29, 0.717) is 11.9 Å². The van der Waals surface area contributed by atoms with Gasteiger partial charge in [0.2, 0.25) is 5.88 Å². The monoisotopic (exact) mass is 346 g/mol. The SMILES string of the molecule is COc1ncccc1N1CCN([C@H]2CCC3(C2)CN(C(=O)O)C3)CC1. The number of carboxylic acid groups (broad SMARTS) is 1. The highest BCUT2D eigenvalue weighted by molar-refractivity contribution is 5.66.